The molecule has 2 bridgehead atoms. The zero-order valence-corrected chi connectivity index (χ0v) is 26.7. The van der Waals surface area contributed by atoms with Crippen LogP contribution in [0, 0.1) is 0 Å². The van der Waals surface area contributed by atoms with Gasteiger partial charge in [-0.1, -0.05) is 36.4 Å². The number of nitrogens with one attached hydrogen (secondary N) is 1. The Balaban J connectivity index is 0.00000433. The summed E-state index contributed by atoms with van der Waals surface area (Å²) in [4.78, 5) is 51.5. The van der Waals surface area contributed by atoms with Crippen LogP contribution in [0.25, 0.3) is 0 Å². The summed E-state index contributed by atoms with van der Waals surface area (Å²) >= 11 is 0. The molecule has 2 aromatic carbocycles. The van der Waals surface area contributed by atoms with E-state index < -0.39 is 59.6 Å². The van der Waals surface area contributed by atoms with Crippen LogP contribution in [0.5, 0.6) is 11.5 Å². The van der Waals surface area contributed by atoms with Gasteiger partial charge < -0.3 is 44.5 Å². The van der Waals surface area contributed by atoms with Crippen LogP contribution in [0.1, 0.15) is 48.5 Å². The second-order valence-electron chi connectivity index (χ2n) is 12.1. The number of carboxylic acids is 1. The van der Waals surface area contributed by atoms with E-state index in [0.29, 0.717) is 36.4 Å². The highest BCUT2D eigenvalue weighted by Gasteiger charge is 2.72. The maximum Gasteiger partial charge on any atom is 0.357 e. The number of piperidine rings is 1. The Bertz CT molecular complexity index is 1600. The summed E-state index contributed by atoms with van der Waals surface area (Å²) in [5.74, 6) is -2.73. The van der Waals surface area contributed by atoms with Gasteiger partial charge in [-0.2, -0.15) is 0 Å². The molecule has 1 spiro atoms. The van der Waals surface area contributed by atoms with Crippen molar-refractivity contribution >= 4 is 36.2 Å². The van der Waals surface area contributed by atoms with Gasteiger partial charge in [0, 0.05) is 30.1 Å². The Morgan fingerprint density at radius 3 is 2.60 bits per heavy atom. The number of carboxylic acid groups (broad SMARTS) is 1. The number of hydrogen-bond donors (Lipinski definition) is 4. The van der Waals surface area contributed by atoms with Crippen LogP contribution in [0.3, 0.4) is 0 Å². The molecule has 2 aliphatic carbocycles. The van der Waals surface area contributed by atoms with Gasteiger partial charge in [0.05, 0.1) is 31.0 Å². The highest BCUT2D eigenvalue weighted by Crippen LogP contribution is 2.65. The lowest BCUT2D eigenvalue weighted by Gasteiger charge is -2.61. The second kappa shape index (κ2) is 13.1. The number of amides is 1. The summed E-state index contributed by atoms with van der Waals surface area (Å²) < 4.78 is 23.8. The van der Waals surface area contributed by atoms with Crippen molar-refractivity contribution in [1.29, 1.82) is 0 Å². The van der Waals surface area contributed by atoms with E-state index in [2.05, 4.69) is 10.2 Å². The molecule has 1 saturated heterocycles. The molecule has 13 nitrogen and oxygen atoms in total. The lowest BCUT2D eigenvalue weighted by atomic mass is 9.50. The second-order valence-corrected chi connectivity index (χ2v) is 12.1. The van der Waals surface area contributed by atoms with Crippen molar-refractivity contribution in [2.45, 2.75) is 67.5 Å². The number of likely N-dealkylation sites (tertiary alicyclic amines) is 1. The van der Waals surface area contributed by atoms with E-state index >= 15 is 0 Å². The zero-order valence-electron chi connectivity index (χ0n) is 25.8. The van der Waals surface area contributed by atoms with Gasteiger partial charge >= 0.3 is 17.9 Å². The molecule has 0 saturated carbocycles. The van der Waals surface area contributed by atoms with Crippen molar-refractivity contribution in [2.24, 2.45) is 0 Å². The average Bonchev–Trinajstić information content (AvgIpc) is 3.39. The Kier molecular flexibility index (Phi) is 9.56. The van der Waals surface area contributed by atoms with E-state index in [1.807, 2.05) is 19.2 Å². The average molecular weight is 673 g/mol. The molecule has 2 aromatic rings. The monoisotopic (exact) mass is 672 g/mol. The number of esters is 2. The molecule has 1 fully saturated rings. The van der Waals surface area contributed by atoms with E-state index in [1.165, 1.54) is 0 Å². The van der Waals surface area contributed by atoms with Crippen LogP contribution in [-0.2, 0) is 40.5 Å². The number of halogens is 1. The molecular formula is C33H37ClN2O11. The Labute approximate surface area is 276 Å². The number of nitrogens with zero attached hydrogens (tertiary/aromatic N) is 1. The highest BCUT2D eigenvalue weighted by atomic mass is 35.5. The first-order valence-corrected chi connectivity index (χ1v) is 15.1. The van der Waals surface area contributed by atoms with Crippen molar-refractivity contribution in [3.05, 3.63) is 71.0 Å². The zero-order chi connectivity index (χ0) is 32.8. The SMILES string of the molecule is COc1ccc2c3c1O[C@H]1C(OC(=O)[C@H](OC(=O)CCNC(=O)CC(O)C(=O)O)c4ccccc4)=CC[C@@]4(O)[C@@H](C2)N(C)CC[C@]314.Cl. The lowest BCUT2D eigenvalue weighted by Crippen LogP contribution is -2.74. The molecule has 14 heteroatoms. The fourth-order valence-corrected chi connectivity index (χ4v) is 7.47. The minimum absolute atomic E-state index is 0. The van der Waals surface area contributed by atoms with Gasteiger partial charge in [-0.15, -0.1) is 12.4 Å². The van der Waals surface area contributed by atoms with Gasteiger partial charge in [-0.25, -0.2) is 9.59 Å². The number of carbonyl (C=O) groups is 4. The first-order chi connectivity index (χ1) is 22.0. The van der Waals surface area contributed by atoms with Crippen molar-refractivity contribution in [1.82, 2.24) is 10.2 Å². The Morgan fingerprint density at radius 2 is 1.89 bits per heavy atom. The lowest BCUT2D eigenvalue weighted by molar-refractivity contribution is -0.176. The summed E-state index contributed by atoms with van der Waals surface area (Å²) in [6.45, 7) is 0.487. The molecule has 0 aromatic heterocycles. The number of benzene rings is 2. The first-order valence-electron chi connectivity index (χ1n) is 15.1. The van der Waals surface area contributed by atoms with Crippen molar-refractivity contribution in [3.8, 4) is 11.5 Å². The third kappa shape index (κ3) is 5.71. The van der Waals surface area contributed by atoms with E-state index in [0.717, 1.165) is 11.1 Å². The topological polar surface area (TPSA) is 181 Å². The summed E-state index contributed by atoms with van der Waals surface area (Å²) in [7, 11) is 3.55. The fourth-order valence-electron chi connectivity index (χ4n) is 7.47. The van der Waals surface area contributed by atoms with Gasteiger partial charge in [-0.05, 0) is 44.1 Å². The molecule has 4 aliphatic rings. The van der Waals surface area contributed by atoms with Gasteiger partial charge in [0.1, 0.15) is 5.76 Å². The van der Waals surface area contributed by atoms with E-state index in [1.54, 1.807) is 43.5 Å². The third-order valence-corrected chi connectivity index (χ3v) is 9.66. The molecule has 4 N–H and O–H groups in total. The molecule has 1 unspecified atom stereocenters. The number of carbonyl (C=O) groups excluding carboxylic acids is 3. The van der Waals surface area contributed by atoms with Gasteiger partial charge in [0.25, 0.3) is 0 Å². The minimum atomic E-state index is -1.87. The molecule has 6 rings (SSSR count). The van der Waals surface area contributed by atoms with Gasteiger partial charge in [0.2, 0.25) is 12.0 Å². The minimum Gasteiger partial charge on any atom is -0.493 e. The van der Waals surface area contributed by atoms with Crippen molar-refractivity contribution in [2.75, 3.05) is 27.2 Å². The van der Waals surface area contributed by atoms with Gasteiger partial charge in [0.15, 0.2) is 23.7 Å². The van der Waals surface area contributed by atoms with Crippen LogP contribution < -0.4 is 14.8 Å². The molecule has 6 atom stereocenters. The standard InChI is InChI=1S/C33H36N2O11.ClH/c1-35-15-13-32-26-19-8-9-21(43-2)28(26)46-29(32)22(10-12-33(32,42)23(35)16-19)44-31(41)27(18-6-4-3-5-7-18)45-25(38)11-14-34-24(37)17-20(36)30(39)40;/h3-10,20,23,27,29,36,42H,11-17H2,1-2H3,(H,34,37)(H,39,40);1H/t20?,23-,27-,29+,32+,33-;/m1./s1. The van der Waals surface area contributed by atoms with Crippen LogP contribution in [0.4, 0.5) is 0 Å². The van der Waals surface area contributed by atoms with Crippen LogP contribution in [-0.4, -0.2) is 95.1 Å². The van der Waals surface area contributed by atoms with Crippen molar-refractivity contribution in [3.63, 3.8) is 0 Å². The number of ether oxygens (including phenoxy) is 4. The number of aliphatic carboxylic acids is 1. The number of hydrogen-bond acceptors (Lipinski definition) is 11. The molecule has 2 heterocycles. The molecule has 47 heavy (non-hydrogen) atoms. The van der Waals surface area contributed by atoms with Crippen LogP contribution in [0.2, 0.25) is 0 Å². The Morgan fingerprint density at radius 1 is 1.15 bits per heavy atom. The summed E-state index contributed by atoms with van der Waals surface area (Å²) in [6.07, 6.45) is -2.08. The molecule has 2 aliphatic heterocycles. The number of methoxy groups -OCH3 is 1. The molecular weight excluding hydrogens is 636 g/mol. The predicted octanol–water partition coefficient (Wildman–Crippen LogP) is 1.56. The number of aliphatic hydroxyl groups is 2. The summed E-state index contributed by atoms with van der Waals surface area (Å²) in [5, 5.41) is 32.9. The van der Waals surface area contributed by atoms with E-state index in [-0.39, 0.29) is 43.6 Å². The Hall–Kier alpha value is -4.17. The summed E-state index contributed by atoms with van der Waals surface area (Å²) in [5.41, 5.74) is 0.206. The molecule has 1 amide bonds. The highest BCUT2D eigenvalue weighted by molar-refractivity contribution is 5.85. The normalized spacial score (nSPS) is 26.3. The quantitative estimate of drug-likeness (QED) is 0.253. The summed E-state index contributed by atoms with van der Waals surface area (Å²) in [6, 6.07) is 12.0. The predicted molar refractivity (Wildman–Crippen MR) is 166 cm³/mol. The molecule has 252 valence electrons. The number of rotatable bonds is 11. The van der Waals surface area contributed by atoms with E-state index in [9.17, 15) is 29.4 Å². The first kappa shape index (κ1) is 34.2. The number of likely N-dealkylation sites (N-methyl/N-ethyl adjacent to an activating group) is 1. The van der Waals surface area contributed by atoms with Gasteiger partial charge in [-0.3, -0.25) is 9.59 Å². The maximum absolute atomic E-state index is 13.8. The van der Waals surface area contributed by atoms with Crippen LogP contribution >= 0.6 is 12.4 Å². The third-order valence-electron chi connectivity index (χ3n) is 9.66. The number of aliphatic hydroxyl groups excluding tert-OH is 1. The maximum atomic E-state index is 13.8. The fraction of sp³-hybridized carbons (Fsp3) is 0.455. The van der Waals surface area contributed by atoms with E-state index in [4.69, 9.17) is 24.1 Å². The van der Waals surface area contributed by atoms with Crippen molar-refractivity contribution < 1.29 is 53.4 Å². The smallest absolute Gasteiger partial charge is 0.357 e. The largest absolute Gasteiger partial charge is 0.493 e. The molecule has 0 radical (unpaired) electrons. The van der Waals surface area contributed by atoms with Crippen LogP contribution in [0.15, 0.2) is 54.3 Å².